The number of hydrogen-bond donors (Lipinski definition) is 1. The number of methoxy groups -OCH3 is 1. The Balaban J connectivity index is 3.53. The summed E-state index contributed by atoms with van der Waals surface area (Å²) in [5.41, 5.74) is -0.314. The van der Waals surface area contributed by atoms with Crippen LogP contribution in [0.5, 0.6) is 5.75 Å². The Labute approximate surface area is 85.5 Å². The third-order valence-electron chi connectivity index (χ3n) is 1.93. The molecule has 0 spiro atoms. The Bertz CT molecular complexity index is 436. The Hall–Kier alpha value is -2.13. The Morgan fingerprint density at radius 3 is 2.73 bits per heavy atom. The fourth-order valence-electron chi connectivity index (χ4n) is 1.24. The van der Waals surface area contributed by atoms with Crippen LogP contribution < -0.4 is 4.74 Å². The van der Waals surface area contributed by atoms with E-state index >= 15 is 0 Å². The van der Waals surface area contributed by atoms with Gasteiger partial charge in [-0.25, -0.2) is 0 Å². The van der Waals surface area contributed by atoms with Crippen LogP contribution in [0.2, 0.25) is 0 Å². The molecule has 0 aromatic heterocycles. The van der Waals surface area contributed by atoms with Gasteiger partial charge in [0, 0.05) is 0 Å². The van der Waals surface area contributed by atoms with Crippen molar-refractivity contribution in [3.63, 3.8) is 0 Å². The van der Waals surface area contributed by atoms with Gasteiger partial charge in [-0.15, -0.1) is 0 Å². The molecule has 0 aliphatic carbocycles. The van der Waals surface area contributed by atoms with E-state index in [0.717, 1.165) is 0 Å². The monoisotopic (exact) mass is 208 g/mol. The number of nitro benzene ring substituents is 1. The zero-order chi connectivity index (χ0) is 11.4. The van der Waals surface area contributed by atoms with E-state index in [4.69, 9.17) is 15.1 Å². The summed E-state index contributed by atoms with van der Waals surface area (Å²) in [6.45, 7) is -0.573. The largest absolute Gasteiger partial charge is 0.490 e. The first kappa shape index (κ1) is 10.9. The van der Waals surface area contributed by atoms with E-state index in [0.29, 0.717) is 0 Å². The average Bonchev–Trinajstić information content (AvgIpc) is 2.26. The first-order chi connectivity index (χ1) is 7.15. The lowest BCUT2D eigenvalue weighted by Crippen LogP contribution is -2.01. The number of aliphatic hydroxyl groups excluding tert-OH is 1. The summed E-state index contributed by atoms with van der Waals surface area (Å²) in [6.07, 6.45) is 0. The van der Waals surface area contributed by atoms with Crippen LogP contribution in [-0.4, -0.2) is 17.1 Å². The maximum absolute atomic E-state index is 10.7. The van der Waals surface area contributed by atoms with Crippen molar-refractivity contribution in [2.24, 2.45) is 0 Å². The van der Waals surface area contributed by atoms with Crippen molar-refractivity contribution in [1.29, 1.82) is 5.26 Å². The smallest absolute Gasteiger partial charge is 0.317 e. The number of nitriles is 1. The predicted molar refractivity (Wildman–Crippen MR) is 50.3 cm³/mol. The molecule has 0 saturated heterocycles. The minimum atomic E-state index is -0.675. The molecular formula is C9H8N2O4. The normalized spacial score (nSPS) is 9.40. The van der Waals surface area contributed by atoms with Gasteiger partial charge in [-0.1, -0.05) is 0 Å². The van der Waals surface area contributed by atoms with E-state index in [1.54, 1.807) is 6.07 Å². The van der Waals surface area contributed by atoms with Gasteiger partial charge in [0.25, 0.3) is 0 Å². The third-order valence-corrected chi connectivity index (χ3v) is 1.93. The Morgan fingerprint density at radius 1 is 1.67 bits per heavy atom. The van der Waals surface area contributed by atoms with Crippen LogP contribution in [0.4, 0.5) is 5.69 Å². The van der Waals surface area contributed by atoms with Gasteiger partial charge in [0.2, 0.25) is 0 Å². The summed E-state index contributed by atoms with van der Waals surface area (Å²) in [4.78, 5) is 10.1. The van der Waals surface area contributed by atoms with Gasteiger partial charge < -0.3 is 9.84 Å². The lowest BCUT2D eigenvalue weighted by molar-refractivity contribution is -0.386. The molecule has 6 heteroatoms. The lowest BCUT2D eigenvalue weighted by atomic mass is 10.1. The van der Waals surface area contributed by atoms with E-state index in [2.05, 4.69) is 0 Å². The highest BCUT2D eigenvalue weighted by atomic mass is 16.6. The van der Waals surface area contributed by atoms with Crippen molar-refractivity contribution in [3.05, 3.63) is 33.4 Å². The van der Waals surface area contributed by atoms with Crippen molar-refractivity contribution in [2.45, 2.75) is 6.61 Å². The minimum absolute atomic E-state index is 0.0261. The van der Waals surface area contributed by atoms with E-state index in [1.165, 1.54) is 19.2 Å². The number of hydrogen-bond acceptors (Lipinski definition) is 5. The minimum Gasteiger partial charge on any atom is -0.490 e. The molecule has 0 bridgehead atoms. The second-order valence-electron chi connectivity index (χ2n) is 2.67. The van der Waals surface area contributed by atoms with Crippen molar-refractivity contribution in [3.8, 4) is 11.8 Å². The third kappa shape index (κ3) is 1.87. The molecule has 6 nitrogen and oxygen atoms in total. The molecule has 1 aromatic rings. The van der Waals surface area contributed by atoms with E-state index in [1.807, 2.05) is 0 Å². The molecule has 15 heavy (non-hydrogen) atoms. The number of nitro groups is 1. The summed E-state index contributed by atoms with van der Waals surface area (Å²) in [7, 11) is 1.29. The SMILES string of the molecule is COc1ccc(C#N)c(CO)c1[N+](=O)[O-]. The van der Waals surface area contributed by atoms with Gasteiger partial charge in [-0.3, -0.25) is 10.1 Å². The molecular weight excluding hydrogens is 200 g/mol. The molecule has 1 aromatic carbocycles. The highest BCUT2D eigenvalue weighted by molar-refractivity contribution is 5.59. The fourth-order valence-corrected chi connectivity index (χ4v) is 1.24. The summed E-state index contributed by atoms with van der Waals surface area (Å²) in [5.74, 6) is 0.0306. The summed E-state index contributed by atoms with van der Waals surface area (Å²) in [5, 5.41) is 28.4. The summed E-state index contributed by atoms with van der Waals surface area (Å²) < 4.78 is 4.79. The zero-order valence-electron chi connectivity index (χ0n) is 7.93. The molecule has 0 radical (unpaired) electrons. The number of benzene rings is 1. The van der Waals surface area contributed by atoms with Crippen molar-refractivity contribution < 1.29 is 14.8 Å². The van der Waals surface area contributed by atoms with Gasteiger partial charge in [-0.05, 0) is 12.1 Å². The molecule has 1 rings (SSSR count). The Morgan fingerprint density at radius 2 is 2.33 bits per heavy atom. The van der Waals surface area contributed by atoms with Crippen LogP contribution in [0.15, 0.2) is 12.1 Å². The molecule has 0 atom stereocenters. The van der Waals surface area contributed by atoms with Gasteiger partial charge >= 0.3 is 5.69 Å². The molecule has 0 amide bonds. The summed E-state index contributed by atoms with van der Waals surface area (Å²) in [6, 6.07) is 4.47. The van der Waals surface area contributed by atoms with Crippen LogP contribution in [-0.2, 0) is 6.61 Å². The lowest BCUT2D eigenvalue weighted by Gasteiger charge is -2.06. The van der Waals surface area contributed by atoms with Crippen LogP contribution in [0.1, 0.15) is 11.1 Å². The maximum atomic E-state index is 10.7. The highest BCUT2D eigenvalue weighted by Crippen LogP contribution is 2.32. The van der Waals surface area contributed by atoms with Crippen molar-refractivity contribution in [2.75, 3.05) is 7.11 Å². The van der Waals surface area contributed by atoms with Gasteiger partial charge in [-0.2, -0.15) is 5.26 Å². The Kier molecular flexibility index (Phi) is 3.21. The zero-order valence-corrected chi connectivity index (χ0v) is 7.93. The first-order valence-corrected chi connectivity index (χ1v) is 4.01. The van der Waals surface area contributed by atoms with Crippen LogP contribution in [0.25, 0.3) is 0 Å². The quantitative estimate of drug-likeness (QED) is 0.589. The maximum Gasteiger partial charge on any atom is 0.317 e. The number of ether oxygens (including phenoxy) is 1. The van der Waals surface area contributed by atoms with Crippen molar-refractivity contribution >= 4 is 5.69 Å². The molecule has 0 aliphatic rings. The first-order valence-electron chi connectivity index (χ1n) is 4.01. The van der Waals surface area contributed by atoms with Crippen LogP contribution in [0.3, 0.4) is 0 Å². The van der Waals surface area contributed by atoms with Crippen LogP contribution >= 0.6 is 0 Å². The second-order valence-corrected chi connectivity index (χ2v) is 2.67. The van der Waals surface area contributed by atoms with Gasteiger partial charge in [0.15, 0.2) is 5.75 Å². The summed E-state index contributed by atoms with van der Waals surface area (Å²) >= 11 is 0. The number of rotatable bonds is 3. The van der Waals surface area contributed by atoms with E-state index < -0.39 is 11.5 Å². The average molecular weight is 208 g/mol. The van der Waals surface area contributed by atoms with Gasteiger partial charge in [0.05, 0.1) is 35.8 Å². The molecule has 78 valence electrons. The fraction of sp³-hybridized carbons (Fsp3) is 0.222. The number of nitrogens with zero attached hydrogens (tertiary/aromatic N) is 2. The topological polar surface area (TPSA) is 96.4 Å². The number of aliphatic hydroxyl groups is 1. The molecule has 0 fully saturated rings. The van der Waals surface area contributed by atoms with E-state index in [9.17, 15) is 10.1 Å². The predicted octanol–water partition coefficient (Wildman–Crippen LogP) is 0.967. The van der Waals surface area contributed by atoms with Crippen LogP contribution in [0, 0.1) is 21.4 Å². The standard InChI is InChI=1S/C9H8N2O4/c1-15-8-3-2-6(4-10)7(5-12)9(8)11(13)14/h2-3,12H,5H2,1H3. The van der Waals surface area contributed by atoms with Crippen molar-refractivity contribution in [1.82, 2.24) is 0 Å². The molecule has 0 unspecified atom stereocenters. The van der Waals surface area contributed by atoms with E-state index in [-0.39, 0.29) is 22.6 Å². The second kappa shape index (κ2) is 4.39. The highest BCUT2D eigenvalue weighted by Gasteiger charge is 2.23. The van der Waals surface area contributed by atoms with Gasteiger partial charge in [0.1, 0.15) is 0 Å². The molecule has 1 N–H and O–H groups in total. The molecule has 0 aliphatic heterocycles. The molecule has 0 heterocycles. The molecule has 0 saturated carbocycles.